The van der Waals surface area contributed by atoms with Crippen molar-refractivity contribution in [3.63, 3.8) is 0 Å². The first-order chi connectivity index (χ1) is 13.9. The van der Waals surface area contributed by atoms with Crippen molar-refractivity contribution < 1.29 is 23.5 Å². The Hall–Kier alpha value is -3.68. The third-order valence-corrected chi connectivity index (χ3v) is 4.36. The van der Waals surface area contributed by atoms with E-state index in [0.29, 0.717) is 28.3 Å². The summed E-state index contributed by atoms with van der Waals surface area (Å²) in [5.41, 5.74) is 2.28. The fourth-order valence-corrected chi connectivity index (χ4v) is 2.92. The lowest BCUT2D eigenvalue weighted by atomic mass is 10.2. The van der Waals surface area contributed by atoms with Crippen LogP contribution < -0.4 is 15.5 Å². The normalized spacial score (nSPS) is 13.0. The van der Waals surface area contributed by atoms with E-state index in [4.69, 9.17) is 0 Å². The van der Waals surface area contributed by atoms with Gasteiger partial charge in [-0.1, -0.05) is 12.1 Å². The average Bonchev–Trinajstić information content (AvgIpc) is 2.81. The topological polar surface area (TPSA) is 87.7 Å². The molecule has 0 bridgehead atoms. The minimum atomic E-state index is -0.494. The predicted octanol–water partition coefficient (Wildman–Crippen LogP) is 2.98. The Balaban J connectivity index is 1.83. The zero-order valence-electron chi connectivity index (χ0n) is 16.0. The predicted molar refractivity (Wildman–Crippen MR) is 107 cm³/mol. The number of nitrogens with one attached hydrogen (secondary N) is 2. The molecular formula is C21H20FN3O4. The molecule has 29 heavy (non-hydrogen) atoms. The molecule has 0 radical (unpaired) electrons. The van der Waals surface area contributed by atoms with Crippen LogP contribution in [0.3, 0.4) is 0 Å². The Labute approximate surface area is 167 Å². The van der Waals surface area contributed by atoms with Crippen LogP contribution in [0.5, 0.6) is 0 Å². The van der Waals surface area contributed by atoms with Crippen molar-refractivity contribution in [2.75, 3.05) is 29.2 Å². The van der Waals surface area contributed by atoms with Gasteiger partial charge in [0.05, 0.1) is 24.9 Å². The maximum absolute atomic E-state index is 13.4. The zero-order chi connectivity index (χ0) is 21.0. The smallest absolute Gasteiger partial charge is 0.311 e. The van der Waals surface area contributed by atoms with Crippen molar-refractivity contribution in [1.82, 2.24) is 0 Å². The van der Waals surface area contributed by atoms with Gasteiger partial charge < -0.3 is 15.4 Å². The zero-order valence-corrected chi connectivity index (χ0v) is 16.0. The highest BCUT2D eigenvalue weighted by Gasteiger charge is 2.25. The van der Waals surface area contributed by atoms with Crippen LogP contribution in [0.15, 0.2) is 54.2 Å². The number of hydrogen-bond donors (Lipinski definition) is 2. The van der Waals surface area contributed by atoms with E-state index < -0.39 is 17.8 Å². The molecule has 0 unspecified atom stereocenters. The van der Waals surface area contributed by atoms with Gasteiger partial charge in [-0.05, 0) is 42.8 Å². The quantitative estimate of drug-likeness (QED) is 0.758. The number of carbonyl (C=O) groups is 3. The van der Waals surface area contributed by atoms with E-state index in [0.717, 1.165) is 0 Å². The summed E-state index contributed by atoms with van der Waals surface area (Å²) in [6.45, 7) is 1.34. The number of fused-ring (bicyclic) bond motifs is 1. The number of carbonyl (C=O) groups excluding carboxylic acids is 3. The third kappa shape index (κ3) is 4.78. The number of anilines is 3. The molecule has 2 N–H and O–H groups in total. The van der Waals surface area contributed by atoms with Crippen molar-refractivity contribution in [3.05, 3.63) is 65.6 Å². The molecular weight excluding hydrogens is 377 g/mol. The Morgan fingerprint density at radius 2 is 1.97 bits per heavy atom. The van der Waals surface area contributed by atoms with Gasteiger partial charge in [0.2, 0.25) is 5.91 Å². The molecule has 0 atom stereocenters. The fourth-order valence-electron chi connectivity index (χ4n) is 2.92. The Morgan fingerprint density at radius 3 is 2.69 bits per heavy atom. The van der Waals surface area contributed by atoms with Crippen LogP contribution in [0, 0.1) is 12.7 Å². The SMILES string of the molecule is COC(=O)CC1=CC(=O)N(CC(=O)Nc2ccc(F)c(C)c2)c2ccccc2N1. The second-order valence-corrected chi connectivity index (χ2v) is 6.50. The number of amides is 2. The molecule has 150 valence electrons. The second kappa shape index (κ2) is 8.55. The number of aryl methyl sites for hydroxylation is 1. The molecule has 1 aliphatic heterocycles. The number of esters is 1. The van der Waals surface area contributed by atoms with Gasteiger partial charge in [0.1, 0.15) is 12.4 Å². The first-order valence-corrected chi connectivity index (χ1v) is 8.88. The number of methoxy groups -OCH3 is 1. The van der Waals surface area contributed by atoms with E-state index in [2.05, 4.69) is 15.4 Å². The van der Waals surface area contributed by atoms with Gasteiger partial charge in [0, 0.05) is 17.5 Å². The summed E-state index contributed by atoms with van der Waals surface area (Å²) in [7, 11) is 1.27. The van der Waals surface area contributed by atoms with E-state index >= 15 is 0 Å². The van der Waals surface area contributed by atoms with Crippen molar-refractivity contribution in [1.29, 1.82) is 0 Å². The lowest BCUT2D eigenvalue weighted by Gasteiger charge is -2.21. The van der Waals surface area contributed by atoms with Crippen LogP contribution in [0.25, 0.3) is 0 Å². The van der Waals surface area contributed by atoms with E-state index in [9.17, 15) is 18.8 Å². The van der Waals surface area contributed by atoms with Crippen molar-refractivity contribution in [2.45, 2.75) is 13.3 Å². The summed E-state index contributed by atoms with van der Waals surface area (Å²) in [5, 5.41) is 5.71. The summed E-state index contributed by atoms with van der Waals surface area (Å²) >= 11 is 0. The molecule has 2 amide bonds. The molecule has 0 saturated heterocycles. The molecule has 0 aliphatic carbocycles. The molecule has 3 rings (SSSR count). The van der Waals surface area contributed by atoms with Crippen LogP contribution in [0.2, 0.25) is 0 Å². The Morgan fingerprint density at radius 1 is 1.21 bits per heavy atom. The van der Waals surface area contributed by atoms with Crippen molar-refractivity contribution in [2.24, 2.45) is 0 Å². The highest BCUT2D eigenvalue weighted by molar-refractivity contribution is 6.10. The monoisotopic (exact) mass is 397 g/mol. The first-order valence-electron chi connectivity index (χ1n) is 8.88. The number of hydrogen-bond acceptors (Lipinski definition) is 5. The number of benzene rings is 2. The summed E-state index contributed by atoms with van der Waals surface area (Å²) in [5.74, 6) is -1.75. The van der Waals surface area contributed by atoms with Gasteiger partial charge in [-0.3, -0.25) is 19.3 Å². The lowest BCUT2D eigenvalue weighted by molar-refractivity contribution is -0.139. The Bertz CT molecular complexity index is 1000. The molecule has 2 aromatic rings. The first kappa shape index (κ1) is 20.1. The number of ether oxygens (including phenoxy) is 1. The van der Waals surface area contributed by atoms with E-state index in [-0.39, 0.29) is 18.8 Å². The minimum absolute atomic E-state index is 0.106. The van der Waals surface area contributed by atoms with E-state index in [1.54, 1.807) is 31.2 Å². The van der Waals surface area contributed by atoms with Crippen LogP contribution in [0.1, 0.15) is 12.0 Å². The van der Waals surface area contributed by atoms with E-state index in [1.807, 2.05) is 0 Å². The van der Waals surface area contributed by atoms with Gasteiger partial charge in [-0.15, -0.1) is 0 Å². The molecule has 1 heterocycles. The average molecular weight is 397 g/mol. The number of para-hydroxylation sites is 2. The molecule has 0 aromatic heterocycles. The standard InChI is InChI=1S/C21H20FN3O4/c1-13-9-14(7-8-16(13)22)24-19(26)12-25-18-6-4-3-5-17(18)23-15(10-20(25)27)11-21(28)29-2/h3-10,23H,11-12H2,1-2H3,(H,24,26). The highest BCUT2D eigenvalue weighted by atomic mass is 19.1. The summed E-state index contributed by atoms with van der Waals surface area (Å²) in [6.07, 6.45) is 1.16. The van der Waals surface area contributed by atoms with Crippen molar-refractivity contribution in [3.8, 4) is 0 Å². The molecule has 0 fully saturated rings. The van der Waals surface area contributed by atoms with Crippen LogP contribution >= 0.6 is 0 Å². The third-order valence-electron chi connectivity index (χ3n) is 4.36. The summed E-state index contributed by atoms with van der Waals surface area (Å²) in [4.78, 5) is 38.2. The molecule has 8 heteroatoms. The number of halogens is 1. The summed E-state index contributed by atoms with van der Waals surface area (Å²) in [6, 6.07) is 11.2. The molecule has 1 aliphatic rings. The Kier molecular flexibility index (Phi) is 5.92. The maximum atomic E-state index is 13.4. The number of rotatable bonds is 5. The lowest BCUT2D eigenvalue weighted by Crippen LogP contribution is -2.37. The molecule has 0 saturated carbocycles. The minimum Gasteiger partial charge on any atom is -0.469 e. The van der Waals surface area contributed by atoms with Gasteiger partial charge in [0.15, 0.2) is 0 Å². The maximum Gasteiger partial charge on any atom is 0.311 e. The highest BCUT2D eigenvalue weighted by Crippen LogP contribution is 2.30. The van der Waals surface area contributed by atoms with E-state index in [1.165, 1.54) is 36.3 Å². The van der Waals surface area contributed by atoms with Gasteiger partial charge in [-0.2, -0.15) is 0 Å². The number of nitrogens with zero attached hydrogens (tertiary/aromatic N) is 1. The summed E-state index contributed by atoms with van der Waals surface area (Å²) < 4.78 is 18.1. The molecule has 0 spiro atoms. The van der Waals surface area contributed by atoms with Crippen LogP contribution in [0.4, 0.5) is 21.5 Å². The molecule has 7 nitrogen and oxygen atoms in total. The van der Waals surface area contributed by atoms with Crippen LogP contribution in [-0.4, -0.2) is 31.4 Å². The van der Waals surface area contributed by atoms with Gasteiger partial charge in [0.25, 0.3) is 5.91 Å². The van der Waals surface area contributed by atoms with Gasteiger partial charge >= 0.3 is 5.97 Å². The molecule has 2 aromatic carbocycles. The fraction of sp³-hybridized carbons (Fsp3) is 0.190. The van der Waals surface area contributed by atoms with Gasteiger partial charge in [-0.25, -0.2) is 4.39 Å². The largest absolute Gasteiger partial charge is 0.469 e. The van der Waals surface area contributed by atoms with Crippen LogP contribution in [-0.2, 0) is 19.1 Å². The second-order valence-electron chi connectivity index (χ2n) is 6.50. The van der Waals surface area contributed by atoms with Crippen molar-refractivity contribution >= 4 is 34.8 Å².